The molecule has 0 saturated heterocycles. The maximum Gasteiger partial charge on any atom is 0.0926 e. The Kier molecular flexibility index (Phi) is 4.05. The molecule has 3 heteroatoms. The third kappa shape index (κ3) is 3.24. The van der Waals surface area contributed by atoms with Crippen LogP contribution in [-0.4, -0.2) is 28.8 Å². The number of rotatable bonds is 4. The molecule has 0 bridgehead atoms. The van der Waals surface area contributed by atoms with E-state index in [4.69, 9.17) is 5.10 Å². The zero-order valence-corrected chi connectivity index (χ0v) is 12.5. The van der Waals surface area contributed by atoms with E-state index in [2.05, 4.69) is 74.8 Å². The van der Waals surface area contributed by atoms with E-state index in [1.807, 2.05) is 0 Å². The highest BCUT2D eigenvalue weighted by molar-refractivity contribution is 5.60. The summed E-state index contributed by atoms with van der Waals surface area (Å²) in [5, 5.41) is 4.76. The molecular formula is C16H23N3. The van der Waals surface area contributed by atoms with Gasteiger partial charge in [0.15, 0.2) is 0 Å². The van der Waals surface area contributed by atoms with Crippen LogP contribution in [0.25, 0.3) is 11.3 Å². The number of nitrogens with zero attached hydrogens (tertiary/aromatic N) is 3. The highest BCUT2D eigenvalue weighted by Crippen LogP contribution is 2.22. The molecule has 0 fully saturated rings. The fraction of sp³-hybridized carbons (Fsp3) is 0.438. The minimum atomic E-state index is 0.383. The van der Waals surface area contributed by atoms with Gasteiger partial charge in [-0.25, -0.2) is 0 Å². The van der Waals surface area contributed by atoms with E-state index in [-0.39, 0.29) is 0 Å². The monoisotopic (exact) mass is 257 g/mol. The molecule has 0 aliphatic rings. The van der Waals surface area contributed by atoms with Crippen molar-refractivity contribution in [3.63, 3.8) is 0 Å². The van der Waals surface area contributed by atoms with Crippen molar-refractivity contribution >= 4 is 0 Å². The van der Waals surface area contributed by atoms with Crippen molar-refractivity contribution in [2.75, 3.05) is 14.1 Å². The van der Waals surface area contributed by atoms with Crippen molar-refractivity contribution in [2.45, 2.75) is 33.4 Å². The average Bonchev–Trinajstić information content (AvgIpc) is 2.72. The number of hydrogen-bond donors (Lipinski definition) is 0. The lowest BCUT2D eigenvalue weighted by Gasteiger charge is -2.14. The summed E-state index contributed by atoms with van der Waals surface area (Å²) in [6.07, 6.45) is 0. The Morgan fingerprint density at radius 3 is 2.53 bits per heavy atom. The quantitative estimate of drug-likeness (QED) is 0.836. The molecule has 102 valence electrons. The van der Waals surface area contributed by atoms with Crippen molar-refractivity contribution in [1.29, 1.82) is 0 Å². The van der Waals surface area contributed by atoms with Crippen LogP contribution in [0.5, 0.6) is 0 Å². The molecule has 0 unspecified atom stereocenters. The van der Waals surface area contributed by atoms with E-state index in [1.165, 1.54) is 16.8 Å². The summed E-state index contributed by atoms with van der Waals surface area (Å²) >= 11 is 0. The van der Waals surface area contributed by atoms with E-state index >= 15 is 0 Å². The molecule has 2 aromatic rings. The Morgan fingerprint density at radius 1 is 1.21 bits per heavy atom. The predicted octanol–water partition coefficient (Wildman–Crippen LogP) is 3.50. The van der Waals surface area contributed by atoms with E-state index in [9.17, 15) is 0 Å². The van der Waals surface area contributed by atoms with E-state index in [1.54, 1.807) is 0 Å². The van der Waals surface area contributed by atoms with Gasteiger partial charge in [-0.05, 0) is 47.0 Å². The van der Waals surface area contributed by atoms with Gasteiger partial charge in [0.1, 0.15) is 0 Å². The molecule has 0 radical (unpaired) electrons. The molecule has 1 aromatic heterocycles. The van der Waals surface area contributed by atoms with Gasteiger partial charge in [0, 0.05) is 18.2 Å². The summed E-state index contributed by atoms with van der Waals surface area (Å²) in [7, 11) is 4.17. The molecule has 1 aromatic carbocycles. The molecule has 0 saturated carbocycles. The van der Waals surface area contributed by atoms with Gasteiger partial charge in [-0.2, -0.15) is 5.10 Å². The summed E-state index contributed by atoms with van der Waals surface area (Å²) in [5.41, 5.74) is 4.79. The van der Waals surface area contributed by atoms with E-state index in [0.717, 1.165) is 12.2 Å². The molecule has 3 nitrogen and oxygen atoms in total. The first-order chi connectivity index (χ1) is 8.97. The summed E-state index contributed by atoms with van der Waals surface area (Å²) in [5.74, 6) is 0. The molecule has 2 rings (SSSR count). The fourth-order valence-corrected chi connectivity index (χ4v) is 2.27. The van der Waals surface area contributed by atoms with Crippen LogP contribution < -0.4 is 0 Å². The highest BCUT2D eigenvalue weighted by Gasteiger charge is 2.12. The normalized spacial score (nSPS) is 11.5. The topological polar surface area (TPSA) is 21.1 Å². The van der Waals surface area contributed by atoms with E-state index < -0.39 is 0 Å². The number of hydrogen-bond acceptors (Lipinski definition) is 2. The summed E-state index contributed by atoms with van der Waals surface area (Å²) in [6, 6.07) is 11.1. The van der Waals surface area contributed by atoms with Gasteiger partial charge in [-0.15, -0.1) is 0 Å². The minimum Gasteiger partial charge on any atom is -0.304 e. The van der Waals surface area contributed by atoms with Gasteiger partial charge in [0.25, 0.3) is 0 Å². The minimum absolute atomic E-state index is 0.383. The van der Waals surface area contributed by atoms with Crippen LogP contribution in [0.15, 0.2) is 30.3 Å². The van der Waals surface area contributed by atoms with Gasteiger partial charge >= 0.3 is 0 Å². The zero-order chi connectivity index (χ0) is 14.0. The van der Waals surface area contributed by atoms with Crippen molar-refractivity contribution in [2.24, 2.45) is 0 Å². The van der Waals surface area contributed by atoms with Gasteiger partial charge in [-0.1, -0.05) is 23.8 Å². The Balaban J connectivity index is 2.42. The molecular weight excluding hydrogens is 234 g/mol. The first-order valence-electron chi connectivity index (χ1n) is 6.77. The molecule has 0 atom stereocenters. The van der Waals surface area contributed by atoms with Crippen molar-refractivity contribution in [1.82, 2.24) is 14.7 Å². The van der Waals surface area contributed by atoms with Crippen molar-refractivity contribution in [3.8, 4) is 11.3 Å². The Hall–Kier alpha value is -1.61. The van der Waals surface area contributed by atoms with Crippen LogP contribution in [0.2, 0.25) is 0 Å². The lowest BCUT2D eigenvalue weighted by atomic mass is 10.1. The second-order valence-electron chi connectivity index (χ2n) is 5.67. The predicted molar refractivity (Wildman–Crippen MR) is 80.2 cm³/mol. The molecule has 0 aliphatic heterocycles. The maximum absolute atomic E-state index is 4.76. The Bertz CT molecular complexity index is 553. The second-order valence-corrected chi connectivity index (χ2v) is 5.67. The first kappa shape index (κ1) is 13.8. The lowest BCUT2D eigenvalue weighted by molar-refractivity contribution is 0.373. The van der Waals surface area contributed by atoms with Gasteiger partial charge in [-0.3, -0.25) is 4.68 Å². The molecule has 0 amide bonds. The van der Waals surface area contributed by atoms with Gasteiger partial charge < -0.3 is 4.90 Å². The standard InChI is InChI=1S/C16H23N3/c1-12(2)19-15(11-18(4)5)10-16(17-19)14-8-6-7-13(3)9-14/h6-10,12H,11H2,1-5H3. The molecule has 19 heavy (non-hydrogen) atoms. The van der Waals surface area contributed by atoms with E-state index in [0.29, 0.717) is 6.04 Å². The summed E-state index contributed by atoms with van der Waals surface area (Å²) in [4.78, 5) is 2.18. The largest absolute Gasteiger partial charge is 0.304 e. The van der Waals surface area contributed by atoms with Crippen LogP contribution >= 0.6 is 0 Å². The Labute approximate surface area is 115 Å². The summed E-state index contributed by atoms with van der Waals surface area (Å²) in [6.45, 7) is 7.37. The number of benzene rings is 1. The molecule has 0 N–H and O–H groups in total. The van der Waals surface area contributed by atoms with Gasteiger partial charge in [0.2, 0.25) is 0 Å². The SMILES string of the molecule is Cc1cccc(-c2cc(CN(C)C)n(C(C)C)n2)c1. The smallest absolute Gasteiger partial charge is 0.0926 e. The summed E-state index contributed by atoms with van der Waals surface area (Å²) < 4.78 is 2.12. The van der Waals surface area contributed by atoms with Crippen LogP contribution in [-0.2, 0) is 6.54 Å². The Morgan fingerprint density at radius 2 is 1.95 bits per heavy atom. The average molecular weight is 257 g/mol. The van der Waals surface area contributed by atoms with Crippen LogP contribution in [0, 0.1) is 6.92 Å². The van der Waals surface area contributed by atoms with Crippen LogP contribution in [0.1, 0.15) is 31.1 Å². The first-order valence-corrected chi connectivity index (χ1v) is 6.77. The lowest BCUT2D eigenvalue weighted by Crippen LogP contribution is -2.16. The second kappa shape index (κ2) is 5.57. The van der Waals surface area contributed by atoms with Crippen molar-refractivity contribution < 1.29 is 0 Å². The molecule has 0 spiro atoms. The fourth-order valence-electron chi connectivity index (χ4n) is 2.27. The molecule has 0 aliphatic carbocycles. The van der Waals surface area contributed by atoms with Crippen LogP contribution in [0.3, 0.4) is 0 Å². The van der Waals surface area contributed by atoms with Crippen LogP contribution in [0.4, 0.5) is 0 Å². The molecule has 1 heterocycles. The highest BCUT2D eigenvalue weighted by atomic mass is 15.3. The number of aryl methyl sites for hydroxylation is 1. The van der Waals surface area contributed by atoms with Gasteiger partial charge in [0.05, 0.1) is 11.4 Å². The third-order valence-electron chi connectivity index (χ3n) is 3.09. The van der Waals surface area contributed by atoms with Crippen molar-refractivity contribution in [3.05, 3.63) is 41.6 Å². The zero-order valence-electron chi connectivity index (χ0n) is 12.5. The number of aromatic nitrogens is 2. The maximum atomic E-state index is 4.76. The third-order valence-corrected chi connectivity index (χ3v) is 3.09.